The first-order chi connectivity index (χ1) is 8.32. The second-order valence-corrected chi connectivity index (χ2v) is 6.00. The Kier molecular flexibility index (Phi) is 4.95. The van der Waals surface area contributed by atoms with Gasteiger partial charge in [0.25, 0.3) is 0 Å². The van der Waals surface area contributed by atoms with Gasteiger partial charge in [-0.05, 0) is 12.1 Å². The highest BCUT2D eigenvalue weighted by molar-refractivity contribution is 7.85. The zero-order chi connectivity index (χ0) is 13.9. The van der Waals surface area contributed by atoms with E-state index in [0.29, 0.717) is 0 Å². The Hall–Kier alpha value is -1.30. The van der Waals surface area contributed by atoms with E-state index in [4.69, 9.17) is 0 Å². The average molecular weight is 276 g/mol. The lowest BCUT2D eigenvalue weighted by atomic mass is 10.2. The summed E-state index contributed by atoms with van der Waals surface area (Å²) in [5, 5.41) is -0.233. The Morgan fingerprint density at radius 3 is 2.22 bits per heavy atom. The Balaban J connectivity index is 3.04. The molecule has 0 aliphatic carbocycles. The average Bonchev–Trinajstić information content (AvgIpc) is 2.26. The summed E-state index contributed by atoms with van der Waals surface area (Å²) >= 11 is 0. The first kappa shape index (κ1) is 14.8. The zero-order valence-corrected chi connectivity index (χ0v) is 11.1. The minimum Gasteiger partial charge on any atom is -0.461 e. The molecule has 1 aromatic rings. The summed E-state index contributed by atoms with van der Waals surface area (Å²) in [6, 6.07) is 2.02. The molecule has 0 bridgehead atoms. The molecule has 100 valence electrons. The molecule has 0 fully saturated rings. The fraction of sp³-hybridized carbons (Fsp3) is 0.417. The number of ether oxygens (including phenoxy) is 1. The summed E-state index contributed by atoms with van der Waals surface area (Å²) in [5.41, 5.74) is -0.338. The molecule has 1 unspecified atom stereocenters. The predicted octanol–water partition coefficient (Wildman–Crippen LogP) is 2.54. The summed E-state index contributed by atoms with van der Waals surface area (Å²) < 4.78 is 43.5. The number of halogens is 2. The molecule has 0 aliphatic rings. The zero-order valence-electron chi connectivity index (χ0n) is 10.3. The van der Waals surface area contributed by atoms with Gasteiger partial charge in [0.15, 0.2) is 0 Å². The van der Waals surface area contributed by atoms with Crippen molar-refractivity contribution in [1.82, 2.24) is 0 Å². The minimum atomic E-state index is -1.46. The van der Waals surface area contributed by atoms with Crippen molar-refractivity contribution in [3.8, 4) is 0 Å². The Labute approximate surface area is 107 Å². The smallest absolute Gasteiger partial charge is 0.302 e. The lowest BCUT2D eigenvalue weighted by molar-refractivity contribution is -0.142. The highest BCUT2D eigenvalue weighted by Gasteiger charge is 2.16. The molecule has 18 heavy (non-hydrogen) atoms. The van der Waals surface area contributed by atoms with Crippen LogP contribution >= 0.6 is 0 Å². The van der Waals surface area contributed by atoms with Crippen LogP contribution in [0.1, 0.15) is 26.3 Å². The first-order valence-corrected chi connectivity index (χ1v) is 6.56. The highest BCUT2D eigenvalue weighted by atomic mass is 32.2. The lowest BCUT2D eigenvalue weighted by Crippen LogP contribution is -2.09. The van der Waals surface area contributed by atoms with Crippen LogP contribution in [0.15, 0.2) is 17.0 Å². The van der Waals surface area contributed by atoms with E-state index >= 15 is 0 Å². The molecule has 0 aliphatic heterocycles. The van der Waals surface area contributed by atoms with Gasteiger partial charge in [0, 0.05) is 17.1 Å². The molecule has 0 N–H and O–H groups in total. The van der Waals surface area contributed by atoms with E-state index in [2.05, 4.69) is 4.74 Å². The van der Waals surface area contributed by atoms with Crippen LogP contribution in [0.4, 0.5) is 8.78 Å². The van der Waals surface area contributed by atoms with Gasteiger partial charge in [-0.1, -0.05) is 13.8 Å². The summed E-state index contributed by atoms with van der Waals surface area (Å²) in [7, 11) is -1.46. The van der Waals surface area contributed by atoms with E-state index in [1.807, 2.05) is 0 Å². The fourth-order valence-corrected chi connectivity index (χ4v) is 2.26. The second kappa shape index (κ2) is 6.04. The first-order valence-electron chi connectivity index (χ1n) is 5.34. The van der Waals surface area contributed by atoms with Crippen molar-refractivity contribution < 1.29 is 22.5 Å². The van der Waals surface area contributed by atoms with Gasteiger partial charge in [-0.3, -0.25) is 9.00 Å². The van der Waals surface area contributed by atoms with Gasteiger partial charge in [0.1, 0.15) is 18.2 Å². The van der Waals surface area contributed by atoms with Crippen LogP contribution in [0.5, 0.6) is 0 Å². The van der Waals surface area contributed by atoms with Gasteiger partial charge >= 0.3 is 5.97 Å². The van der Waals surface area contributed by atoms with Crippen molar-refractivity contribution in [2.24, 2.45) is 0 Å². The molecule has 6 heteroatoms. The number of carbonyl (C=O) groups excluding carboxylic acids is 1. The molecule has 0 radical (unpaired) electrons. The molecule has 1 rings (SSSR count). The minimum absolute atomic E-state index is 0.0894. The third-order valence-corrected chi connectivity index (χ3v) is 3.75. The summed E-state index contributed by atoms with van der Waals surface area (Å²) in [6.45, 7) is 4.07. The van der Waals surface area contributed by atoms with Gasteiger partial charge in [-0.2, -0.15) is 0 Å². The molecule has 0 heterocycles. The van der Waals surface area contributed by atoms with Gasteiger partial charge in [-0.15, -0.1) is 0 Å². The van der Waals surface area contributed by atoms with Gasteiger partial charge in [0.05, 0.1) is 16.4 Å². The van der Waals surface area contributed by atoms with Gasteiger partial charge in [-0.25, -0.2) is 8.78 Å². The predicted molar refractivity (Wildman–Crippen MR) is 63.4 cm³/mol. The quantitative estimate of drug-likeness (QED) is 0.794. The van der Waals surface area contributed by atoms with Crippen LogP contribution in [0, 0.1) is 11.6 Å². The highest BCUT2D eigenvalue weighted by Crippen LogP contribution is 2.20. The molecule has 3 nitrogen and oxygen atoms in total. The topological polar surface area (TPSA) is 43.4 Å². The Morgan fingerprint density at radius 1 is 1.33 bits per heavy atom. The van der Waals surface area contributed by atoms with Crippen LogP contribution in [0.3, 0.4) is 0 Å². The van der Waals surface area contributed by atoms with Gasteiger partial charge in [0.2, 0.25) is 0 Å². The SMILES string of the molecule is CC(=O)OCc1c(F)cc(S(=O)C(C)C)cc1F. The molecule has 0 saturated carbocycles. The van der Waals surface area contributed by atoms with Crippen molar-refractivity contribution in [2.75, 3.05) is 0 Å². The molecular formula is C12H14F2O3S. The molecule has 0 saturated heterocycles. The summed E-state index contributed by atoms with van der Waals surface area (Å²) in [6.07, 6.45) is 0. The van der Waals surface area contributed by atoms with E-state index in [9.17, 15) is 17.8 Å². The molecule has 1 atom stereocenters. The third-order valence-electron chi connectivity index (χ3n) is 2.19. The molecule has 1 aromatic carbocycles. The number of benzene rings is 1. The van der Waals surface area contributed by atoms with Crippen LogP contribution in [0.25, 0.3) is 0 Å². The summed E-state index contributed by atoms with van der Waals surface area (Å²) in [4.78, 5) is 10.7. The number of hydrogen-bond acceptors (Lipinski definition) is 3. The van der Waals surface area contributed by atoms with E-state index < -0.39 is 35.0 Å². The van der Waals surface area contributed by atoms with E-state index in [0.717, 1.165) is 19.1 Å². The fourth-order valence-electron chi connectivity index (χ4n) is 1.28. The van der Waals surface area contributed by atoms with Crippen LogP contribution in [0.2, 0.25) is 0 Å². The molecular weight excluding hydrogens is 262 g/mol. The van der Waals surface area contributed by atoms with Gasteiger partial charge < -0.3 is 4.74 Å². The maximum absolute atomic E-state index is 13.6. The normalized spacial score (nSPS) is 12.6. The van der Waals surface area contributed by atoms with Crippen molar-refractivity contribution in [1.29, 1.82) is 0 Å². The van der Waals surface area contributed by atoms with Crippen molar-refractivity contribution >= 4 is 16.8 Å². The number of hydrogen-bond donors (Lipinski definition) is 0. The van der Waals surface area contributed by atoms with Crippen LogP contribution < -0.4 is 0 Å². The third kappa shape index (κ3) is 3.60. The number of carbonyl (C=O) groups is 1. The van der Waals surface area contributed by atoms with E-state index in [-0.39, 0.29) is 15.7 Å². The van der Waals surface area contributed by atoms with E-state index in [1.165, 1.54) is 0 Å². The van der Waals surface area contributed by atoms with Crippen molar-refractivity contribution in [2.45, 2.75) is 37.5 Å². The molecule has 0 amide bonds. The second-order valence-electron chi connectivity index (χ2n) is 3.99. The number of rotatable bonds is 4. The number of esters is 1. The maximum Gasteiger partial charge on any atom is 0.302 e. The van der Waals surface area contributed by atoms with Crippen molar-refractivity contribution in [3.05, 3.63) is 29.3 Å². The van der Waals surface area contributed by atoms with Crippen molar-refractivity contribution in [3.63, 3.8) is 0 Å². The monoisotopic (exact) mass is 276 g/mol. The largest absolute Gasteiger partial charge is 0.461 e. The van der Waals surface area contributed by atoms with Crippen LogP contribution in [-0.2, 0) is 26.9 Å². The lowest BCUT2D eigenvalue weighted by Gasteiger charge is -2.09. The standard InChI is InChI=1S/C12H14F2O3S/c1-7(2)18(16)9-4-11(13)10(12(14)5-9)6-17-8(3)15/h4-5,7H,6H2,1-3H3. The van der Waals surface area contributed by atoms with Crippen LogP contribution in [-0.4, -0.2) is 15.4 Å². The van der Waals surface area contributed by atoms with E-state index in [1.54, 1.807) is 13.8 Å². The molecule has 0 aromatic heterocycles. The Bertz CT molecular complexity index is 463. The summed E-state index contributed by atoms with van der Waals surface area (Å²) in [5.74, 6) is -2.34. The Morgan fingerprint density at radius 2 is 1.83 bits per heavy atom. The molecule has 0 spiro atoms. The maximum atomic E-state index is 13.6.